The second-order valence-corrected chi connectivity index (χ2v) is 5.78. The Labute approximate surface area is 126 Å². The molecular weight excluding hydrogens is 289 g/mol. The van der Waals surface area contributed by atoms with Gasteiger partial charge < -0.3 is 10.6 Å². The van der Waals surface area contributed by atoms with Crippen LogP contribution in [0.15, 0.2) is 5.51 Å². The fraction of sp³-hybridized carbons (Fsp3) is 0.750. The van der Waals surface area contributed by atoms with Gasteiger partial charge in [-0.25, -0.2) is 4.98 Å². The van der Waals surface area contributed by atoms with Crippen molar-refractivity contribution >= 4 is 36.2 Å². The van der Waals surface area contributed by atoms with E-state index in [4.69, 9.17) is 5.73 Å². The van der Waals surface area contributed by atoms with E-state index in [0.717, 1.165) is 32.5 Å². The molecule has 0 amide bonds. The molecule has 1 saturated heterocycles. The third-order valence-electron chi connectivity index (χ3n) is 3.56. The van der Waals surface area contributed by atoms with E-state index >= 15 is 0 Å². The Hall–Kier alpha value is 0.130. The minimum Gasteiger partial charge on any atom is -0.327 e. The van der Waals surface area contributed by atoms with Crippen molar-refractivity contribution in [3.05, 3.63) is 16.1 Å². The van der Waals surface area contributed by atoms with Gasteiger partial charge in [0.05, 0.1) is 11.2 Å². The molecule has 18 heavy (non-hydrogen) atoms. The Morgan fingerprint density at radius 1 is 1.50 bits per heavy atom. The van der Waals surface area contributed by atoms with Crippen molar-refractivity contribution in [3.8, 4) is 0 Å². The van der Waals surface area contributed by atoms with Gasteiger partial charge in [-0.1, -0.05) is 6.92 Å². The molecule has 2 rings (SSSR count). The lowest BCUT2D eigenvalue weighted by Crippen LogP contribution is -2.46. The van der Waals surface area contributed by atoms with Crippen LogP contribution in [0.4, 0.5) is 0 Å². The van der Waals surface area contributed by atoms with E-state index in [0.29, 0.717) is 12.0 Å². The monoisotopic (exact) mass is 311 g/mol. The number of hydrogen-bond acceptors (Lipinski definition) is 4. The first-order valence-corrected chi connectivity index (χ1v) is 6.91. The Morgan fingerprint density at radius 2 is 2.22 bits per heavy atom. The van der Waals surface area contributed by atoms with Gasteiger partial charge in [0.25, 0.3) is 0 Å². The minimum atomic E-state index is 0. The quantitative estimate of drug-likeness (QED) is 0.932. The van der Waals surface area contributed by atoms with Crippen LogP contribution < -0.4 is 5.73 Å². The maximum absolute atomic E-state index is 6.02. The first-order valence-electron chi connectivity index (χ1n) is 6.03. The molecule has 6 heteroatoms. The number of likely N-dealkylation sites (tertiary alicyclic amines) is 1. The second-order valence-electron chi connectivity index (χ2n) is 4.84. The summed E-state index contributed by atoms with van der Waals surface area (Å²) in [5.41, 5.74) is 9.17. The summed E-state index contributed by atoms with van der Waals surface area (Å²) in [5.74, 6) is 0.635. The minimum absolute atomic E-state index is 0. The molecule has 0 radical (unpaired) electrons. The van der Waals surface area contributed by atoms with Gasteiger partial charge in [0.1, 0.15) is 0 Å². The predicted molar refractivity (Wildman–Crippen MR) is 83.2 cm³/mol. The van der Waals surface area contributed by atoms with Crippen molar-refractivity contribution < 1.29 is 0 Å². The topological polar surface area (TPSA) is 42.2 Å². The Morgan fingerprint density at radius 3 is 2.78 bits per heavy atom. The molecule has 2 atom stereocenters. The maximum Gasteiger partial charge on any atom is 0.0797 e. The standard InChI is InChI=1S/C12H21N3S.2ClH/c1-9-7-15(5-3-11(9)13)6-4-12-10(2)14-8-16-12;;/h8-9,11H,3-7,13H2,1-2H3;2*1H. The van der Waals surface area contributed by atoms with Crippen LogP contribution in [0.3, 0.4) is 0 Å². The summed E-state index contributed by atoms with van der Waals surface area (Å²) in [6, 6.07) is 0.404. The molecular formula is C12H23Cl2N3S. The molecule has 1 aromatic heterocycles. The van der Waals surface area contributed by atoms with Gasteiger partial charge in [0, 0.05) is 24.0 Å². The van der Waals surface area contributed by atoms with E-state index in [9.17, 15) is 0 Å². The van der Waals surface area contributed by atoms with Crippen LogP contribution in [0.25, 0.3) is 0 Å². The average Bonchev–Trinajstić information content (AvgIpc) is 2.66. The smallest absolute Gasteiger partial charge is 0.0797 e. The van der Waals surface area contributed by atoms with Gasteiger partial charge in [-0.3, -0.25) is 0 Å². The summed E-state index contributed by atoms with van der Waals surface area (Å²) in [6.07, 6.45) is 2.28. The van der Waals surface area contributed by atoms with Crippen molar-refractivity contribution in [2.24, 2.45) is 11.7 Å². The molecule has 1 aliphatic heterocycles. The van der Waals surface area contributed by atoms with E-state index in [1.165, 1.54) is 10.6 Å². The first-order chi connectivity index (χ1) is 7.66. The molecule has 2 heterocycles. The fourth-order valence-corrected chi connectivity index (χ4v) is 3.05. The number of hydrogen-bond donors (Lipinski definition) is 1. The SMILES string of the molecule is Cc1ncsc1CCN1CCC(N)C(C)C1.Cl.Cl. The van der Waals surface area contributed by atoms with E-state index in [1.807, 2.05) is 5.51 Å². The Bertz CT molecular complexity index is 346. The van der Waals surface area contributed by atoms with E-state index in [2.05, 4.69) is 23.7 Å². The number of halogens is 2. The zero-order chi connectivity index (χ0) is 11.5. The molecule has 1 aliphatic rings. The van der Waals surface area contributed by atoms with Crippen LogP contribution >= 0.6 is 36.2 Å². The van der Waals surface area contributed by atoms with Crippen LogP contribution in [-0.4, -0.2) is 35.6 Å². The number of rotatable bonds is 3. The van der Waals surface area contributed by atoms with Crippen molar-refractivity contribution in [1.29, 1.82) is 0 Å². The highest BCUT2D eigenvalue weighted by Gasteiger charge is 2.22. The molecule has 3 nitrogen and oxygen atoms in total. The lowest BCUT2D eigenvalue weighted by Gasteiger charge is -2.34. The van der Waals surface area contributed by atoms with Crippen molar-refractivity contribution in [1.82, 2.24) is 9.88 Å². The normalized spacial score (nSPS) is 24.2. The number of aromatic nitrogens is 1. The average molecular weight is 312 g/mol. The van der Waals surface area contributed by atoms with Gasteiger partial charge in [0.2, 0.25) is 0 Å². The molecule has 2 N–H and O–H groups in total. The van der Waals surface area contributed by atoms with E-state index in [-0.39, 0.29) is 24.8 Å². The molecule has 0 aromatic carbocycles. The van der Waals surface area contributed by atoms with Crippen molar-refractivity contribution in [3.63, 3.8) is 0 Å². The van der Waals surface area contributed by atoms with Gasteiger partial charge in [-0.05, 0) is 32.2 Å². The molecule has 0 aliphatic carbocycles. The number of piperidine rings is 1. The number of thiazole rings is 1. The number of aryl methyl sites for hydroxylation is 1. The summed E-state index contributed by atoms with van der Waals surface area (Å²) >= 11 is 1.78. The summed E-state index contributed by atoms with van der Waals surface area (Å²) in [6.45, 7) is 7.82. The first kappa shape index (κ1) is 18.1. The predicted octanol–water partition coefficient (Wildman–Crippen LogP) is 2.51. The van der Waals surface area contributed by atoms with Crippen LogP contribution in [0.2, 0.25) is 0 Å². The Kier molecular flexibility index (Phi) is 8.39. The third kappa shape index (κ3) is 4.67. The second kappa shape index (κ2) is 8.33. The summed E-state index contributed by atoms with van der Waals surface area (Å²) in [4.78, 5) is 8.26. The van der Waals surface area contributed by atoms with Crippen molar-refractivity contribution in [2.75, 3.05) is 19.6 Å². The molecule has 106 valence electrons. The van der Waals surface area contributed by atoms with Gasteiger partial charge in [-0.15, -0.1) is 36.2 Å². The van der Waals surface area contributed by atoms with Crippen LogP contribution in [0.1, 0.15) is 23.9 Å². The van der Waals surface area contributed by atoms with E-state index < -0.39 is 0 Å². The third-order valence-corrected chi connectivity index (χ3v) is 4.55. The largest absolute Gasteiger partial charge is 0.327 e. The Balaban J connectivity index is 0.00000144. The zero-order valence-corrected chi connectivity index (χ0v) is 13.4. The van der Waals surface area contributed by atoms with Crippen LogP contribution in [-0.2, 0) is 6.42 Å². The van der Waals surface area contributed by atoms with Crippen LogP contribution in [0, 0.1) is 12.8 Å². The molecule has 1 aromatic rings. The molecule has 0 spiro atoms. The van der Waals surface area contributed by atoms with Gasteiger partial charge in [-0.2, -0.15) is 0 Å². The van der Waals surface area contributed by atoms with Gasteiger partial charge in [0.15, 0.2) is 0 Å². The molecule has 0 bridgehead atoms. The highest BCUT2D eigenvalue weighted by molar-refractivity contribution is 7.09. The van der Waals surface area contributed by atoms with Gasteiger partial charge >= 0.3 is 0 Å². The lowest BCUT2D eigenvalue weighted by atomic mass is 9.95. The summed E-state index contributed by atoms with van der Waals surface area (Å²) in [5, 5.41) is 0. The number of nitrogens with zero attached hydrogens (tertiary/aromatic N) is 2. The summed E-state index contributed by atoms with van der Waals surface area (Å²) < 4.78 is 0. The fourth-order valence-electron chi connectivity index (χ4n) is 2.28. The van der Waals surface area contributed by atoms with Crippen LogP contribution in [0.5, 0.6) is 0 Å². The molecule has 1 fully saturated rings. The maximum atomic E-state index is 6.02. The summed E-state index contributed by atoms with van der Waals surface area (Å²) in [7, 11) is 0. The highest BCUT2D eigenvalue weighted by atomic mass is 35.5. The zero-order valence-electron chi connectivity index (χ0n) is 11.0. The number of nitrogens with two attached hydrogens (primary N) is 1. The van der Waals surface area contributed by atoms with Crippen molar-refractivity contribution in [2.45, 2.75) is 32.7 Å². The highest BCUT2D eigenvalue weighted by Crippen LogP contribution is 2.17. The molecule has 0 saturated carbocycles. The van der Waals surface area contributed by atoms with E-state index in [1.54, 1.807) is 11.3 Å². The lowest BCUT2D eigenvalue weighted by molar-refractivity contribution is 0.166. The molecule has 2 unspecified atom stereocenters.